The molecule has 0 aliphatic heterocycles. The molecular weight excluding hydrogens is 116 g/mol. The lowest BCUT2D eigenvalue weighted by atomic mass is 10.6. The molecule has 1 nitrogen and oxygen atoms in total. The monoisotopic (exact) mass is 130 g/mol. The lowest BCUT2D eigenvalue weighted by Crippen LogP contribution is -2.25. The van der Waals surface area contributed by atoms with E-state index in [-0.39, 0.29) is 0 Å². The fraction of sp³-hybridized carbons (Fsp3) is 0.667. The van der Waals surface area contributed by atoms with Crippen molar-refractivity contribution in [2.24, 2.45) is 0 Å². The summed E-state index contributed by atoms with van der Waals surface area (Å²) < 4.78 is 0. The third kappa shape index (κ3) is 2.99. The van der Waals surface area contributed by atoms with Gasteiger partial charge in [0.2, 0.25) is 8.32 Å². The highest BCUT2D eigenvalue weighted by Gasteiger charge is 2.16. The van der Waals surface area contributed by atoms with E-state index < -0.39 is 8.32 Å². The standard InChI is InChI=1S/C6H14OSi/c1-4-6-8(3,7)5-2/h5,7H,2,4,6H2,1,3H3. The van der Waals surface area contributed by atoms with Crippen LogP contribution in [0.3, 0.4) is 0 Å². The molecule has 1 unspecified atom stereocenters. The molecule has 0 radical (unpaired) electrons. The van der Waals surface area contributed by atoms with Gasteiger partial charge in [-0.05, 0) is 12.6 Å². The summed E-state index contributed by atoms with van der Waals surface area (Å²) in [6, 6.07) is 0.941. The molecule has 0 rings (SSSR count). The molecule has 0 heterocycles. The molecule has 0 fully saturated rings. The van der Waals surface area contributed by atoms with Gasteiger partial charge in [0, 0.05) is 0 Å². The molecule has 0 aromatic rings. The SMILES string of the molecule is C=C[Si](C)(O)CCC. The van der Waals surface area contributed by atoms with Crippen molar-refractivity contribution in [2.75, 3.05) is 0 Å². The van der Waals surface area contributed by atoms with Crippen molar-refractivity contribution in [1.82, 2.24) is 0 Å². The van der Waals surface area contributed by atoms with Gasteiger partial charge in [-0.25, -0.2) is 0 Å². The molecule has 0 spiro atoms. The molecule has 0 saturated carbocycles. The summed E-state index contributed by atoms with van der Waals surface area (Å²) in [5.41, 5.74) is 1.72. The van der Waals surface area contributed by atoms with Crippen molar-refractivity contribution >= 4 is 8.32 Å². The van der Waals surface area contributed by atoms with Crippen molar-refractivity contribution in [3.8, 4) is 0 Å². The maximum Gasteiger partial charge on any atom is 0.209 e. The third-order valence-corrected chi connectivity index (χ3v) is 3.59. The molecule has 48 valence electrons. The Balaban J connectivity index is 3.53. The molecular formula is C6H14OSi. The summed E-state index contributed by atoms with van der Waals surface area (Å²) >= 11 is 0. The Labute approximate surface area is 52.2 Å². The fourth-order valence-corrected chi connectivity index (χ4v) is 1.82. The Hall–Kier alpha value is -0.0831. The molecule has 2 heteroatoms. The molecule has 0 saturated heterocycles. The van der Waals surface area contributed by atoms with Crippen LogP contribution in [0, 0.1) is 0 Å². The number of rotatable bonds is 3. The first-order chi connectivity index (χ1) is 3.62. The zero-order valence-corrected chi connectivity index (χ0v) is 6.65. The van der Waals surface area contributed by atoms with Gasteiger partial charge in [-0.2, -0.15) is 0 Å². The van der Waals surface area contributed by atoms with Crippen molar-refractivity contribution < 1.29 is 4.80 Å². The van der Waals surface area contributed by atoms with Gasteiger partial charge in [0.1, 0.15) is 0 Å². The first kappa shape index (κ1) is 7.92. The highest BCUT2D eigenvalue weighted by atomic mass is 28.4. The van der Waals surface area contributed by atoms with Crippen molar-refractivity contribution in [3.05, 3.63) is 12.3 Å². The highest BCUT2D eigenvalue weighted by molar-refractivity contribution is 6.76. The van der Waals surface area contributed by atoms with Gasteiger partial charge in [-0.15, -0.1) is 6.58 Å². The van der Waals surface area contributed by atoms with E-state index in [1.165, 1.54) is 0 Å². The molecule has 8 heavy (non-hydrogen) atoms. The van der Waals surface area contributed by atoms with E-state index in [4.69, 9.17) is 0 Å². The average Bonchev–Trinajstić information content (AvgIpc) is 1.67. The van der Waals surface area contributed by atoms with E-state index in [0.29, 0.717) is 0 Å². The summed E-state index contributed by atoms with van der Waals surface area (Å²) in [5, 5.41) is 0. The van der Waals surface area contributed by atoms with Crippen LogP contribution in [0.2, 0.25) is 12.6 Å². The van der Waals surface area contributed by atoms with Crippen molar-refractivity contribution in [1.29, 1.82) is 0 Å². The molecule has 0 aromatic heterocycles. The van der Waals surface area contributed by atoms with E-state index in [0.717, 1.165) is 12.5 Å². The molecule has 0 bridgehead atoms. The second-order valence-corrected chi connectivity index (χ2v) is 5.93. The summed E-state index contributed by atoms with van der Waals surface area (Å²) in [5.74, 6) is 0. The molecule has 1 atom stereocenters. The quantitative estimate of drug-likeness (QED) is 0.576. The first-order valence-electron chi connectivity index (χ1n) is 2.98. The van der Waals surface area contributed by atoms with E-state index in [1.807, 2.05) is 6.55 Å². The second kappa shape index (κ2) is 3.05. The smallest absolute Gasteiger partial charge is 0.209 e. The maximum atomic E-state index is 9.34. The Bertz CT molecular complexity index is 78.6. The van der Waals surface area contributed by atoms with Crippen LogP contribution < -0.4 is 0 Å². The molecule has 1 N–H and O–H groups in total. The zero-order chi connectivity index (χ0) is 6.62. The van der Waals surface area contributed by atoms with Crippen LogP contribution in [-0.2, 0) is 0 Å². The molecule has 0 aromatic carbocycles. The van der Waals surface area contributed by atoms with Crippen molar-refractivity contribution in [2.45, 2.75) is 25.9 Å². The van der Waals surface area contributed by atoms with Gasteiger partial charge in [-0.1, -0.05) is 19.0 Å². The predicted octanol–water partition coefficient (Wildman–Crippen LogP) is 1.69. The van der Waals surface area contributed by atoms with E-state index in [1.54, 1.807) is 5.70 Å². The molecule has 0 aliphatic carbocycles. The van der Waals surface area contributed by atoms with Crippen molar-refractivity contribution in [3.63, 3.8) is 0 Å². The van der Waals surface area contributed by atoms with Crippen LogP contribution >= 0.6 is 0 Å². The lowest BCUT2D eigenvalue weighted by Gasteiger charge is -2.11. The Morgan fingerprint density at radius 2 is 2.25 bits per heavy atom. The van der Waals surface area contributed by atoms with Crippen LogP contribution in [0.25, 0.3) is 0 Å². The largest absolute Gasteiger partial charge is 0.428 e. The zero-order valence-electron chi connectivity index (χ0n) is 5.65. The maximum absolute atomic E-state index is 9.34. The fourth-order valence-electron chi connectivity index (χ4n) is 0.608. The average molecular weight is 130 g/mol. The van der Waals surface area contributed by atoms with Crippen LogP contribution in [-0.4, -0.2) is 13.1 Å². The summed E-state index contributed by atoms with van der Waals surface area (Å²) in [7, 11) is -1.91. The number of hydrogen-bond donors (Lipinski definition) is 1. The summed E-state index contributed by atoms with van der Waals surface area (Å²) in [6.45, 7) is 7.54. The number of hydrogen-bond acceptors (Lipinski definition) is 1. The summed E-state index contributed by atoms with van der Waals surface area (Å²) in [6.07, 6.45) is 1.06. The van der Waals surface area contributed by atoms with Gasteiger partial charge in [0.05, 0.1) is 0 Å². The van der Waals surface area contributed by atoms with Gasteiger partial charge in [0.25, 0.3) is 0 Å². The second-order valence-electron chi connectivity index (χ2n) is 2.31. The van der Waals surface area contributed by atoms with Crippen LogP contribution in [0.4, 0.5) is 0 Å². The first-order valence-corrected chi connectivity index (χ1v) is 5.71. The Morgan fingerprint density at radius 3 is 2.38 bits per heavy atom. The summed E-state index contributed by atoms with van der Waals surface area (Å²) in [4.78, 5) is 9.34. The minimum atomic E-state index is -1.91. The predicted molar refractivity (Wildman–Crippen MR) is 39.1 cm³/mol. The Kier molecular flexibility index (Phi) is 3.01. The van der Waals surface area contributed by atoms with Gasteiger partial charge >= 0.3 is 0 Å². The Morgan fingerprint density at radius 1 is 1.75 bits per heavy atom. The highest BCUT2D eigenvalue weighted by Crippen LogP contribution is 2.07. The van der Waals surface area contributed by atoms with Crippen LogP contribution in [0.5, 0.6) is 0 Å². The van der Waals surface area contributed by atoms with E-state index >= 15 is 0 Å². The topological polar surface area (TPSA) is 20.2 Å². The normalized spacial score (nSPS) is 17.4. The molecule has 0 amide bonds. The minimum absolute atomic E-state index is 0.941. The van der Waals surface area contributed by atoms with Gasteiger partial charge in [-0.3, -0.25) is 0 Å². The minimum Gasteiger partial charge on any atom is -0.428 e. The lowest BCUT2D eigenvalue weighted by molar-refractivity contribution is 0.553. The van der Waals surface area contributed by atoms with Crippen LogP contribution in [0.15, 0.2) is 12.3 Å². The van der Waals surface area contributed by atoms with E-state index in [2.05, 4.69) is 13.5 Å². The van der Waals surface area contributed by atoms with Crippen LogP contribution in [0.1, 0.15) is 13.3 Å². The van der Waals surface area contributed by atoms with Gasteiger partial charge in [0.15, 0.2) is 0 Å². The van der Waals surface area contributed by atoms with E-state index in [9.17, 15) is 4.80 Å². The third-order valence-electron chi connectivity index (χ3n) is 1.20. The van der Waals surface area contributed by atoms with Gasteiger partial charge < -0.3 is 4.80 Å². The molecule has 0 aliphatic rings.